The van der Waals surface area contributed by atoms with Gasteiger partial charge in [-0.1, -0.05) is 36.4 Å². The first-order chi connectivity index (χ1) is 30.6. The highest BCUT2D eigenvalue weighted by atomic mass is 19.4. The van der Waals surface area contributed by atoms with Crippen LogP contribution in [0, 0.1) is 11.6 Å². The van der Waals surface area contributed by atoms with Gasteiger partial charge in [0.25, 0.3) is 0 Å². The molecule has 0 aliphatic carbocycles. The van der Waals surface area contributed by atoms with Gasteiger partial charge < -0.3 is 29.3 Å². The van der Waals surface area contributed by atoms with Gasteiger partial charge in [0.05, 0.1) is 35.5 Å². The summed E-state index contributed by atoms with van der Waals surface area (Å²) in [5.41, 5.74) is -1.86. The van der Waals surface area contributed by atoms with Crippen LogP contribution in [0.3, 0.4) is 0 Å². The average molecular weight is 892 g/mol. The van der Waals surface area contributed by atoms with Crippen molar-refractivity contribution in [3.8, 4) is 23.0 Å². The van der Waals surface area contributed by atoms with Crippen molar-refractivity contribution in [1.29, 1.82) is 0 Å². The zero-order chi connectivity index (χ0) is 45.0. The molecule has 0 saturated carbocycles. The van der Waals surface area contributed by atoms with E-state index in [1.807, 2.05) is 0 Å². The number of nitrogens with one attached hydrogen (secondary N) is 1. The predicted molar refractivity (Wildman–Crippen MR) is 225 cm³/mol. The number of alkyl halides is 4. The van der Waals surface area contributed by atoms with E-state index in [4.69, 9.17) is 19.2 Å². The third-order valence-electron chi connectivity index (χ3n) is 13.0. The monoisotopic (exact) mass is 891 g/mol. The van der Waals surface area contributed by atoms with Gasteiger partial charge in [-0.15, -0.1) is 0 Å². The summed E-state index contributed by atoms with van der Waals surface area (Å²) in [6.45, 7) is 2.77. The lowest BCUT2D eigenvalue weighted by Crippen LogP contribution is -2.60. The van der Waals surface area contributed by atoms with Crippen LogP contribution in [0.2, 0.25) is 0 Å². The first-order valence-corrected chi connectivity index (χ1v) is 21.5. The Kier molecular flexibility index (Phi) is 11.4. The van der Waals surface area contributed by atoms with Crippen molar-refractivity contribution in [2.75, 3.05) is 57.9 Å². The second kappa shape index (κ2) is 16.9. The smallest absolute Gasteiger partial charge is 0.414 e. The maximum Gasteiger partial charge on any atom is 0.414 e. The molecule has 7 heterocycles. The van der Waals surface area contributed by atoms with E-state index in [9.17, 15) is 22.8 Å². The van der Waals surface area contributed by atoms with Crippen molar-refractivity contribution in [3.05, 3.63) is 83.6 Å². The van der Waals surface area contributed by atoms with Gasteiger partial charge in [0.1, 0.15) is 41.4 Å². The standard InChI is InChI=1S/C46H47F6N7O5/c1-44-21-29(47)23-58(25-44)40-33-22-53-38(37(49)39(33)54-41(55-40)63-26-45-14-7-16-59(45)17-8-15-45)32-20-30(19-28-12-13-35(48)31(36(28)32)11-6-18-62-42(60)56-44)64-43(61)57(2)24-34(46(50,51)52)27-9-4-3-5-10-27/h3-5,9-10,12-13,19-20,22,29,34H,6-8,11,14-18,21,23-26H2,1-2H3,(H,56,60). The molecule has 0 spiro atoms. The summed E-state index contributed by atoms with van der Waals surface area (Å²) < 4.78 is 110. The summed E-state index contributed by atoms with van der Waals surface area (Å²) in [7, 11) is 1.17. The Balaban J connectivity index is 1.17. The largest absolute Gasteiger partial charge is 0.461 e. The number of likely N-dealkylation sites (N-methyl/N-ethyl adjacent to an activating group) is 1. The number of aromatic nitrogens is 3. The first-order valence-electron chi connectivity index (χ1n) is 21.5. The molecule has 2 amide bonds. The van der Waals surface area contributed by atoms with Crippen LogP contribution in [0.25, 0.3) is 32.9 Å². The van der Waals surface area contributed by atoms with Crippen molar-refractivity contribution in [2.45, 2.75) is 81.2 Å². The molecule has 338 valence electrons. The number of pyridine rings is 1. The van der Waals surface area contributed by atoms with E-state index >= 15 is 13.2 Å². The molecule has 64 heavy (non-hydrogen) atoms. The molecule has 1 N–H and O–H groups in total. The molecular formula is C46H47F6N7O5. The molecule has 5 aliphatic heterocycles. The third-order valence-corrected chi connectivity index (χ3v) is 13.0. The number of carbonyl (C=O) groups is 2. The van der Waals surface area contributed by atoms with Crippen molar-refractivity contribution in [3.63, 3.8) is 0 Å². The van der Waals surface area contributed by atoms with E-state index in [1.54, 1.807) is 17.9 Å². The Morgan fingerprint density at radius 2 is 1.83 bits per heavy atom. The number of carbonyl (C=O) groups excluding carboxylic acids is 2. The number of alkyl carbamates (subject to hydrolysis) is 1. The molecule has 5 aliphatic rings. The number of rotatable bonds is 7. The highest BCUT2D eigenvalue weighted by Gasteiger charge is 2.46. The van der Waals surface area contributed by atoms with Crippen LogP contribution >= 0.6 is 0 Å². The van der Waals surface area contributed by atoms with E-state index in [0.717, 1.165) is 43.7 Å². The van der Waals surface area contributed by atoms with Gasteiger partial charge in [0.15, 0.2) is 5.82 Å². The molecule has 5 aromatic rings. The molecule has 3 aromatic carbocycles. The normalized spacial score (nSPS) is 21.7. The minimum atomic E-state index is -4.69. The summed E-state index contributed by atoms with van der Waals surface area (Å²) >= 11 is 0. The van der Waals surface area contributed by atoms with Crippen LogP contribution in [-0.4, -0.2) is 113 Å². The fourth-order valence-corrected chi connectivity index (χ4v) is 10.1. The lowest BCUT2D eigenvalue weighted by molar-refractivity contribution is -0.152. The van der Waals surface area contributed by atoms with E-state index < -0.39 is 54.2 Å². The minimum absolute atomic E-state index is 0.000480. The number of anilines is 1. The SMILES string of the molecule is CN(CC(c1ccccc1)C(F)(F)F)C(=O)Oc1cc2c3c(c(F)ccc3c1)CCCOC(=O)NC1(C)CC(F)CN(C1)c1nc(OCC34CCCN3CCC4)nc3c(F)c-2ncc13. The summed E-state index contributed by atoms with van der Waals surface area (Å²) in [4.78, 5) is 45.4. The Morgan fingerprint density at radius 1 is 1.06 bits per heavy atom. The maximum atomic E-state index is 17.6. The van der Waals surface area contributed by atoms with Gasteiger partial charge in [0.2, 0.25) is 0 Å². The number of hydrogen-bond donors (Lipinski definition) is 1. The van der Waals surface area contributed by atoms with Crippen LogP contribution in [0.1, 0.15) is 62.5 Å². The van der Waals surface area contributed by atoms with Gasteiger partial charge in [-0.2, -0.15) is 23.1 Å². The summed E-state index contributed by atoms with van der Waals surface area (Å²) in [6.07, 6.45) is -2.83. The van der Waals surface area contributed by atoms with E-state index in [-0.39, 0.29) is 107 Å². The Morgan fingerprint density at radius 3 is 2.58 bits per heavy atom. The molecule has 3 atom stereocenters. The number of benzene rings is 3. The topological polar surface area (TPSA) is 122 Å². The van der Waals surface area contributed by atoms with Crippen molar-refractivity contribution < 1.29 is 50.1 Å². The van der Waals surface area contributed by atoms with E-state index in [2.05, 4.69) is 20.2 Å². The van der Waals surface area contributed by atoms with Crippen molar-refractivity contribution in [1.82, 2.24) is 30.1 Å². The Hall–Kier alpha value is -5.91. The number of piperidine rings is 1. The fourth-order valence-electron chi connectivity index (χ4n) is 10.1. The Labute approximate surface area is 364 Å². The zero-order valence-electron chi connectivity index (χ0n) is 35.3. The molecule has 2 aromatic heterocycles. The molecule has 10 rings (SSSR count). The maximum absolute atomic E-state index is 17.6. The highest BCUT2D eigenvalue weighted by Crippen LogP contribution is 2.43. The van der Waals surface area contributed by atoms with E-state index in [1.165, 1.54) is 61.8 Å². The molecule has 12 nitrogen and oxygen atoms in total. The molecule has 6 bridgehead atoms. The fraction of sp³-hybridized carbons (Fsp3) is 0.457. The lowest BCUT2D eigenvalue weighted by Gasteiger charge is -2.42. The summed E-state index contributed by atoms with van der Waals surface area (Å²) in [5, 5.41) is 3.40. The number of ether oxygens (including phenoxy) is 3. The number of fused-ring (bicyclic) bond motifs is 7. The number of halogens is 6. The summed E-state index contributed by atoms with van der Waals surface area (Å²) in [5.74, 6) is -3.70. The predicted octanol–water partition coefficient (Wildman–Crippen LogP) is 8.89. The average Bonchev–Trinajstić information content (AvgIpc) is 3.84. The molecule has 3 saturated heterocycles. The van der Waals surface area contributed by atoms with Crippen molar-refractivity contribution >= 4 is 39.7 Å². The quantitative estimate of drug-likeness (QED) is 0.159. The molecule has 18 heteroatoms. The number of amides is 2. The molecule has 0 radical (unpaired) electrons. The molecule has 3 fully saturated rings. The van der Waals surface area contributed by atoms with Gasteiger partial charge in [-0.3, -0.25) is 9.88 Å². The van der Waals surface area contributed by atoms with Gasteiger partial charge in [0, 0.05) is 38.3 Å². The van der Waals surface area contributed by atoms with Crippen LogP contribution in [-0.2, 0) is 11.2 Å². The van der Waals surface area contributed by atoms with E-state index in [0.29, 0.717) is 5.39 Å². The minimum Gasteiger partial charge on any atom is -0.461 e. The van der Waals surface area contributed by atoms with Gasteiger partial charge in [-0.25, -0.2) is 22.8 Å². The number of nitrogens with zero attached hydrogens (tertiary/aromatic N) is 6. The van der Waals surface area contributed by atoms with Crippen LogP contribution in [0.15, 0.2) is 60.8 Å². The van der Waals surface area contributed by atoms with Crippen LogP contribution < -0.4 is 19.7 Å². The second-order valence-electron chi connectivity index (χ2n) is 17.7. The van der Waals surface area contributed by atoms with Gasteiger partial charge in [-0.05, 0) is 98.6 Å². The van der Waals surface area contributed by atoms with Crippen LogP contribution in [0.4, 0.5) is 41.7 Å². The van der Waals surface area contributed by atoms with Gasteiger partial charge >= 0.3 is 24.4 Å². The number of aryl methyl sites for hydroxylation is 1. The highest BCUT2D eigenvalue weighted by molar-refractivity contribution is 6.02. The lowest BCUT2D eigenvalue weighted by atomic mass is 9.90. The second-order valence-corrected chi connectivity index (χ2v) is 17.7. The first kappa shape index (κ1) is 43.3. The molecule has 3 unspecified atom stereocenters. The van der Waals surface area contributed by atoms with Crippen LogP contribution in [0.5, 0.6) is 11.8 Å². The molecular weight excluding hydrogens is 845 g/mol. The summed E-state index contributed by atoms with van der Waals surface area (Å²) in [6, 6.07) is 12.3. The Bertz CT molecular complexity index is 2590. The zero-order valence-corrected chi connectivity index (χ0v) is 35.3. The number of hydrogen-bond acceptors (Lipinski definition) is 10. The third kappa shape index (κ3) is 8.43. The van der Waals surface area contributed by atoms with Crippen molar-refractivity contribution in [2.24, 2.45) is 0 Å².